The zero-order valence-corrected chi connectivity index (χ0v) is 9.66. The fourth-order valence-corrected chi connectivity index (χ4v) is 1.64. The third-order valence-electron chi connectivity index (χ3n) is 2.29. The molecule has 1 aromatic rings. The van der Waals surface area contributed by atoms with E-state index >= 15 is 0 Å². The topological polar surface area (TPSA) is 92.8 Å². The van der Waals surface area contributed by atoms with Gasteiger partial charge in [-0.25, -0.2) is 0 Å². The average Bonchev–Trinajstić information content (AvgIpc) is 2.27. The van der Waals surface area contributed by atoms with E-state index in [9.17, 15) is 14.3 Å². The van der Waals surface area contributed by atoms with E-state index in [1.165, 1.54) is 0 Å². The summed E-state index contributed by atoms with van der Waals surface area (Å²) in [5.74, 6) is -4.64. The molecule has 1 aromatic carbocycles. The minimum absolute atomic E-state index is 0.0113. The first kappa shape index (κ1) is 13.5. The Morgan fingerprint density at radius 2 is 2.29 bits per heavy atom. The van der Waals surface area contributed by atoms with Gasteiger partial charge in [-0.15, -0.1) is 0 Å². The Morgan fingerprint density at radius 1 is 1.71 bits per heavy atom. The van der Waals surface area contributed by atoms with E-state index in [2.05, 4.69) is 0 Å². The van der Waals surface area contributed by atoms with E-state index in [0.717, 1.165) is 13.2 Å². The summed E-state index contributed by atoms with van der Waals surface area (Å²) in [6, 6.07) is 1.13. The van der Waals surface area contributed by atoms with Crippen molar-refractivity contribution in [2.24, 2.45) is 5.73 Å². The lowest BCUT2D eigenvalue weighted by atomic mass is 9.98. The molecular formula is C10H11ClFNO4. The molecule has 0 saturated heterocycles. The molecule has 0 spiro atoms. The summed E-state index contributed by atoms with van der Waals surface area (Å²) in [5, 5.41) is 17.9. The van der Waals surface area contributed by atoms with E-state index in [0.29, 0.717) is 0 Å². The molecule has 1 unspecified atom stereocenters. The van der Waals surface area contributed by atoms with Crippen molar-refractivity contribution in [2.75, 3.05) is 13.7 Å². The number of hydrogen-bond acceptors (Lipinski definition) is 4. The number of carboxylic acids is 1. The molecule has 0 aliphatic heterocycles. The third-order valence-corrected chi connectivity index (χ3v) is 2.58. The number of rotatable bonds is 4. The number of aromatic hydroxyl groups is 1. The van der Waals surface area contributed by atoms with Crippen LogP contribution in [0, 0.1) is 5.82 Å². The van der Waals surface area contributed by atoms with Crippen LogP contribution in [-0.4, -0.2) is 29.8 Å². The van der Waals surface area contributed by atoms with Crippen LogP contribution in [-0.2, 0) is 4.79 Å². The minimum atomic E-state index is -1.23. The van der Waals surface area contributed by atoms with Gasteiger partial charge in [0.05, 0.1) is 18.1 Å². The van der Waals surface area contributed by atoms with Gasteiger partial charge in [-0.05, 0) is 6.07 Å². The van der Waals surface area contributed by atoms with Crippen LogP contribution in [0.15, 0.2) is 6.07 Å². The zero-order chi connectivity index (χ0) is 13.2. The van der Waals surface area contributed by atoms with E-state index in [-0.39, 0.29) is 22.9 Å². The first-order chi connectivity index (χ1) is 7.93. The zero-order valence-electron chi connectivity index (χ0n) is 8.91. The Kier molecular flexibility index (Phi) is 4.14. The van der Waals surface area contributed by atoms with Crippen molar-refractivity contribution in [3.05, 3.63) is 22.5 Å². The fourth-order valence-electron chi connectivity index (χ4n) is 1.44. The standard InChI is InChI=1S/C10H11ClFNO4/c1-17-9-4(5(3-13)10(15)16)2-6(11)8(14)7(9)12/h2,5,14H,3,13H2,1H3,(H,15,16). The smallest absolute Gasteiger partial charge is 0.312 e. The van der Waals surface area contributed by atoms with Gasteiger partial charge >= 0.3 is 5.97 Å². The van der Waals surface area contributed by atoms with Crippen LogP contribution in [0.3, 0.4) is 0 Å². The number of methoxy groups -OCH3 is 1. The molecule has 17 heavy (non-hydrogen) atoms. The number of ether oxygens (including phenoxy) is 1. The number of phenolic OH excluding ortho intramolecular Hbond substituents is 1. The van der Waals surface area contributed by atoms with Crippen LogP contribution in [0.2, 0.25) is 5.02 Å². The molecule has 0 saturated carbocycles. The number of halogens is 2. The predicted molar refractivity (Wildman–Crippen MR) is 59.1 cm³/mol. The van der Waals surface area contributed by atoms with Gasteiger partial charge < -0.3 is 20.7 Å². The molecule has 1 rings (SSSR count). The quantitative estimate of drug-likeness (QED) is 0.762. The van der Waals surface area contributed by atoms with Crippen LogP contribution in [0.5, 0.6) is 11.5 Å². The summed E-state index contributed by atoms with van der Waals surface area (Å²) in [6.07, 6.45) is 0. The van der Waals surface area contributed by atoms with Gasteiger partial charge in [-0.3, -0.25) is 4.79 Å². The minimum Gasteiger partial charge on any atom is -0.504 e. The van der Waals surface area contributed by atoms with Crippen molar-refractivity contribution in [3.8, 4) is 11.5 Å². The second-order valence-corrected chi connectivity index (χ2v) is 3.68. The number of hydrogen-bond donors (Lipinski definition) is 3. The number of nitrogens with two attached hydrogens (primary N) is 1. The molecule has 5 nitrogen and oxygen atoms in total. The molecule has 7 heteroatoms. The van der Waals surface area contributed by atoms with E-state index in [1.54, 1.807) is 0 Å². The van der Waals surface area contributed by atoms with E-state index in [4.69, 9.17) is 27.2 Å². The van der Waals surface area contributed by atoms with Crippen molar-refractivity contribution in [1.29, 1.82) is 0 Å². The highest BCUT2D eigenvalue weighted by Crippen LogP contribution is 2.39. The van der Waals surface area contributed by atoms with Crippen molar-refractivity contribution in [1.82, 2.24) is 0 Å². The first-order valence-electron chi connectivity index (χ1n) is 4.61. The molecular weight excluding hydrogens is 253 g/mol. The molecule has 0 aliphatic rings. The molecule has 0 radical (unpaired) electrons. The van der Waals surface area contributed by atoms with Gasteiger partial charge in [0, 0.05) is 12.1 Å². The lowest BCUT2D eigenvalue weighted by Gasteiger charge is -2.16. The molecule has 94 valence electrons. The third kappa shape index (κ3) is 2.42. The summed E-state index contributed by atoms with van der Waals surface area (Å²) in [6.45, 7) is -0.244. The molecule has 1 atom stereocenters. The van der Waals surface area contributed by atoms with Gasteiger partial charge in [0.25, 0.3) is 0 Å². The lowest BCUT2D eigenvalue weighted by molar-refractivity contribution is -0.138. The number of aliphatic carboxylic acids is 1. The predicted octanol–water partition coefficient (Wildman–Crippen LogP) is 1.32. The molecule has 0 heterocycles. The van der Waals surface area contributed by atoms with Gasteiger partial charge in [-0.2, -0.15) is 4.39 Å². The van der Waals surface area contributed by atoms with Crippen molar-refractivity contribution in [2.45, 2.75) is 5.92 Å². The number of carboxylic acid groups (broad SMARTS) is 1. The number of carbonyl (C=O) groups is 1. The normalized spacial score (nSPS) is 12.2. The number of benzene rings is 1. The largest absolute Gasteiger partial charge is 0.504 e. The summed E-state index contributed by atoms with van der Waals surface area (Å²) >= 11 is 5.57. The maximum atomic E-state index is 13.6. The summed E-state index contributed by atoms with van der Waals surface area (Å²) < 4.78 is 18.3. The molecule has 0 fully saturated rings. The Balaban J connectivity index is 3.46. The molecule has 4 N–H and O–H groups in total. The van der Waals surface area contributed by atoms with Crippen LogP contribution < -0.4 is 10.5 Å². The second-order valence-electron chi connectivity index (χ2n) is 3.27. The van der Waals surface area contributed by atoms with Gasteiger partial charge in [0.2, 0.25) is 5.82 Å². The second kappa shape index (κ2) is 5.20. The Bertz CT molecular complexity index is 452. The molecule has 0 aliphatic carbocycles. The van der Waals surface area contributed by atoms with Crippen LogP contribution in [0.25, 0.3) is 0 Å². The highest BCUT2D eigenvalue weighted by Gasteiger charge is 2.27. The van der Waals surface area contributed by atoms with Crippen molar-refractivity contribution in [3.63, 3.8) is 0 Å². The van der Waals surface area contributed by atoms with Crippen molar-refractivity contribution >= 4 is 17.6 Å². The highest BCUT2D eigenvalue weighted by atomic mass is 35.5. The average molecular weight is 264 g/mol. The van der Waals surface area contributed by atoms with Crippen LogP contribution in [0.1, 0.15) is 11.5 Å². The Morgan fingerprint density at radius 3 is 2.71 bits per heavy atom. The highest BCUT2D eigenvalue weighted by molar-refractivity contribution is 6.32. The monoisotopic (exact) mass is 263 g/mol. The Hall–Kier alpha value is -1.53. The van der Waals surface area contributed by atoms with Crippen LogP contribution >= 0.6 is 11.6 Å². The lowest BCUT2D eigenvalue weighted by Crippen LogP contribution is -2.22. The molecule has 0 amide bonds. The molecule has 0 bridgehead atoms. The summed E-state index contributed by atoms with van der Waals surface area (Å²) in [4.78, 5) is 10.9. The number of phenols is 1. The van der Waals surface area contributed by atoms with Gasteiger partial charge in [0.15, 0.2) is 11.5 Å². The fraction of sp³-hybridized carbons (Fsp3) is 0.300. The van der Waals surface area contributed by atoms with E-state index in [1.807, 2.05) is 0 Å². The van der Waals surface area contributed by atoms with Gasteiger partial charge in [-0.1, -0.05) is 11.6 Å². The SMILES string of the molecule is COc1c(C(CN)C(=O)O)cc(Cl)c(O)c1F. The van der Waals surface area contributed by atoms with E-state index < -0.39 is 23.5 Å². The van der Waals surface area contributed by atoms with Gasteiger partial charge in [0.1, 0.15) is 0 Å². The maximum absolute atomic E-state index is 13.6. The molecule has 0 aromatic heterocycles. The summed E-state index contributed by atoms with van der Waals surface area (Å²) in [5.41, 5.74) is 5.29. The van der Waals surface area contributed by atoms with Crippen molar-refractivity contribution < 1.29 is 24.1 Å². The maximum Gasteiger partial charge on any atom is 0.312 e. The Labute approximate surface area is 102 Å². The summed E-state index contributed by atoms with van der Waals surface area (Å²) in [7, 11) is 1.16. The van der Waals surface area contributed by atoms with Crippen LogP contribution in [0.4, 0.5) is 4.39 Å². The first-order valence-corrected chi connectivity index (χ1v) is 4.99.